The number of aryl methyl sites for hydroxylation is 2. The molecule has 0 aliphatic heterocycles. The van der Waals surface area contributed by atoms with Gasteiger partial charge in [0.05, 0.1) is 4.92 Å². The van der Waals surface area contributed by atoms with Crippen LogP contribution in [0.2, 0.25) is 0 Å². The lowest BCUT2D eigenvalue weighted by molar-refractivity contribution is -0.385. The van der Waals surface area contributed by atoms with E-state index in [4.69, 9.17) is 0 Å². The van der Waals surface area contributed by atoms with Gasteiger partial charge in [0.2, 0.25) is 0 Å². The number of nitro groups is 1. The zero-order valence-corrected chi connectivity index (χ0v) is 10.5. The molecule has 0 aromatic heterocycles. The van der Waals surface area contributed by atoms with Gasteiger partial charge in [0.15, 0.2) is 0 Å². The zero-order valence-electron chi connectivity index (χ0n) is 10.5. The maximum Gasteiger partial charge on any atom is 0.272 e. The fourth-order valence-corrected chi connectivity index (χ4v) is 2.23. The van der Waals surface area contributed by atoms with Crippen molar-refractivity contribution in [2.75, 3.05) is 0 Å². The van der Waals surface area contributed by atoms with E-state index in [0.29, 0.717) is 6.42 Å². The average Bonchev–Trinajstić information content (AvgIpc) is 2.27. The molecule has 0 aliphatic rings. The van der Waals surface area contributed by atoms with Crippen molar-refractivity contribution in [3.63, 3.8) is 0 Å². The summed E-state index contributed by atoms with van der Waals surface area (Å²) in [5.41, 5.74) is 4.43. The van der Waals surface area contributed by atoms with Crippen LogP contribution in [0.3, 0.4) is 0 Å². The Morgan fingerprint density at radius 2 is 1.67 bits per heavy atom. The molecule has 0 fully saturated rings. The minimum absolute atomic E-state index is 0.191. The fraction of sp³-hybridized carbons (Fsp3) is 0.200. The van der Waals surface area contributed by atoms with E-state index in [1.165, 1.54) is 11.1 Å². The van der Waals surface area contributed by atoms with E-state index in [9.17, 15) is 10.1 Å². The molecule has 0 N–H and O–H groups in total. The lowest BCUT2D eigenvalue weighted by Gasteiger charge is -2.06. The molecule has 0 aliphatic carbocycles. The standard InChI is InChI=1S/C15H15NO2/c1-11-7-12(2)9-13(8-11)10-14-5-3-4-6-15(14)16(17)18/h3-9H,10H2,1-2H3. The lowest BCUT2D eigenvalue weighted by Crippen LogP contribution is -1.97. The molecule has 0 saturated carbocycles. The largest absolute Gasteiger partial charge is 0.272 e. The molecule has 3 heteroatoms. The van der Waals surface area contributed by atoms with Crippen LogP contribution in [0.4, 0.5) is 5.69 Å². The molecule has 0 saturated heterocycles. The smallest absolute Gasteiger partial charge is 0.258 e. The van der Waals surface area contributed by atoms with Crippen LogP contribution in [-0.2, 0) is 6.42 Å². The van der Waals surface area contributed by atoms with Crippen molar-refractivity contribution in [1.82, 2.24) is 0 Å². The minimum atomic E-state index is -0.321. The van der Waals surface area contributed by atoms with E-state index in [1.54, 1.807) is 12.1 Å². The number of nitrogens with zero attached hydrogens (tertiary/aromatic N) is 1. The first kappa shape index (κ1) is 12.3. The van der Waals surface area contributed by atoms with Gasteiger partial charge in [0.1, 0.15) is 0 Å². The molecule has 18 heavy (non-hydrogen) atoms. The first-order chi connectivity index (χ1) is 8.56. The third-order valence-corrected chi connectivity index (χ3v) is 2.86. The highest BCUT2D eigenvalue weighted by molar-refractivity contribution is 5.43. The zero-order chi connectivity index (χ0) is 13.1. The summed E-state index contributed by atoms with van der Waals surface area (Å²) in [6, 6.07) is 13.2. The van der Waals surface area contributed by atoms with E-state index < -0.39 is 0 Å². The number of rotatable bonds is 3. The Labute approximate surface area is 106 Å². The van der Waals surface area contributed by atoms with Crippen LogP contribution in [0, 0.1) is 24.0 Å². The molecule has 0 bridgehead atoms. The SMILES string of the molecule is Cc1cc(C)cc(Cc2ccccc2[N+](=O)[O-])c1. The van der Waals surface area contributed by atoms with Gasteiger partial charge in [-0.15, -0.1) is 0 Å². The number of benzene rings is 2. The molecular weight excluding hydrogens is 226 g/mol. The van der Waals surface area contributed by atoms with Gasteiger partial charge in [0.25, 0.3) is 5.69 Å². The van der Waals surface area contributed by atoms with Crippen LogP contribution < -0.4 is 0 Å². The summed E-state index contributed by atoms with van der Waals surface area (Å²) in [6.45, 7) is 4.08. The minimum Gasteiger partial charge on any atom is -0.258 e. The Kier molecular flexibility index (Phi) is 3.42. The van der Waals surface area contributed by atoms with Gasteiger partial charge < -0.3 is 0 Å². The van der Waals surface area contributed by atoms with Crippen molar-refractivity contribution >= 4 is 5.69 Å². The average molecular weight is 241 g/mol. The van der Waals surface area contributed by atoms with Crippen molar-refractivity contribution in [3.8, 4) is 0 Å². The van der Waals surface area contributed by atoms with Gasteiger partial charge in [-0.25, -0.2) is 0 Å². The fourth-order valence-electron chi connectivity index (χ4n) is 2.23. The third kappa shape index (κ3) is 2.74. The van der Waals surface area contributed by atoms with E-state index in [-0.39, 0.29) is 10.6 Å². The maximum absolute atomic E-state index is 11.0. The molecule has 0 atom stereocenters. The predicted molar refractivity (Wildman–Crippen MR) is 71.8 cm³/mol. The van der Waals surface area contributed by atoms with Crippen molar-refractivity contribution in [1.29, 1.82) is 0 Å². The Hall–Kier alpha value is -2.16. The number of para-hydroxylation sites is 1. The van der Waals surface area contributed by atoms with Crippen LogP contribution in [-0.4, -0.2) is 4.92 Å². The Bertz CT molecular complexity index is 571. The molecule has 0 unspecified atom stereocenters. The van der Waals surface area contributed by atoms with Crippen molar-refractivity contribution in [3.05, 3.63) is 74.8 Å². The van der Waals surface area contributed by atoms with Gasteiger partial charge in [-0.3, -0.25) is 10.1 Å². The summed E-state index contributed by atoms with van der Waals surface area (Å²) in [7, 11) is 0. The summed E-state index contributed by atoms with van der Waals surface area (Å²) in [6.07, 6.45) is 0.597. The number of hydrogen-bond acceptors (Lipinski definition) is 2. The molecule has 3 nitrogen and oxygen atoms in total. The van der Waals surface area contributed by atoms with E-state index in [2.05, 4.69) is 18.2 Å². The summed E-state index contributed by atoms with van der Waals surface area (Å²) >= 11 is 0. The second-order valence-electron chi connectivity index (χ2n) is 4.56. The summed E-state index contributed by atoms with van der Waals surface area (Å²) < 4.78 is 0. The molecule has 92 valence electrons. The predicted octanol–water partition coefficient (Wildman–Crippen LogP) is 3.80. The van der Waals surface area contributed by atoms with Crippen molar-refractivity contribution in [2.24, 2.45) is 0 Å². The Morgan fingerprint density at radius 3 is 2.28 bits per heavy atom. The highest BCUT2D eigenvalue weighted by Crippen LogP contribution is 2.22. The van der Waals surface area contributed by atoms with Gasteiger partial charge >= 0.3 is 0 Å². The highest BCUT2D eigenvalue weighted by atomic mass is 16.6. The Morgan fingerprint density at radius 1 is 1.06 bits per heavy atom. The van der Waals surface area contributed by atoms with Gasteiger partial charge in [-0.05, 0) is 19.4 Å². The van der Waals surface area contributed by atoms with E-state index in [1.807, 2.05) is 26.0 Å². The first-order valence-electron chi connectivity index (χ1n) is 5.86. The maximum atomic E-state index is 11.0. The second kappa shape index (κ2) is 5.00. The number of hydrogen-bond donors (Lipinski definition) is 0. The third-order valence-electron chi connectivity index (χ3n) is 2.86. The van der Waals surface area contributed by atoms with Crippen LogP contribution in [0.1, 0.15) is 22.3 Å². The topological polar surface area (TPSA) is 43.1 Å². The molecule has 2 rings (SSSR count). The van der Waals surface area contributed by atoms with Gasteiger partial charge in [0, 0.05) is 18.1 Å². The van der Waals surface area contributed by atoms with Gasteiger partial charge in [-0.1, -0.05) is 47.5 Å². The lowest BCUT2D eigenvalue weighted by atomic mass is 10.00. The van der Waals surface area contributed by atoms with Crippen LogP contribution >= 0.6 is 0 Å². The molecule has 0 amide bonds. The van der Waals surface area contributed by atoms with Crippen LogP contribution in [0.5, 0.6) is 0 Å². The molecule has 2 aromatic rings. The quantitative estimate of drug-likeness (QED) is 0.606. The molecule has 0 spiro atoms. The van der Waals surface area contributed by atoms with Crippen LogP contribution in [0.15, 0.2) is 42.5 Å². The summed E-state index contributed by atoms with van der Waals surface area (Å²) in [4.78, 5) is 10.6. The monoisotopic (exact) mass is 241 g/mol. The summed E-state index contributed by atoms with van der Waals surface area (Å²) in [5.74, 6) is 0. The Balaban J connectivity index is 2.37. The van der Waals surface area contributed by atoms with Crippen molar-refractivity contribution < 1.29 is 4.92 Å². The molecule has 2 aromatic carbocycles. The van der Waals surface area contributed by atoms with E-state index >= 15 is 0 Å². The second-order valence-corrected chi connectivity index (χ2v) is 4.56. The molecule has 0 radical (unpaired) electrons. The molecule has 0 heterocycles. The first-order valence-corrected chi connectivity index (χ1v) is 5.86. The highest BCUT2D eigenvalue weighted by Gasteiger charge is 2.12. The normalized spacial score (nSPS) is 10.3. The van der Waals surface area contributed by atoms with E-state index in [0.717, 1.165) is 11.1 Å². The number of nitro benzene ring substituents is 1. The van der Waals surface area contributed by atoms with Crippen LogP contribution in [0.25, 0.3) is 0 Å². The molecular formula is C15H15NO2. The van der Waals surface area contributed by atoms with Gasteiger partial charge in [-0.2, -0.15) is 0 Å². The van der Waals surface area contributed by atoms with Crippen molar-refractivity contribution in [2.45, 2.75) is 20.3 Å². The summed E-state index contributed by atoms with van der Waals surface area (Å²) in [5, 5.41) is 11.0.